The number of nitriles is 1. The molecule has 2 N–H and O–H groups in total. The molecule has 0 bridgehead atoms. The van der Waals surface area contributed by atoms with Crippen molar-refractivity contribution in [3.63, 3.8) is 0 Å². The van der Waals surface area contributed by atoms with Crippen molar-refractivity contribution in [2.24, 2.45) is 5.92 Å². The predicted octanol–water partition coefficient (Wildman–Crippen LogP) is 3.23. The van der Waals surface area contributed by atoms with Gasteiger partial charge in [-0.25, -0.2) is 4.39 Å². The van der Waals surface area contributed by atoms with E-state index in [0.717, 1.165) is 16.9 Å². The van der Waals surface area contributed by atoms with Gasteiger partial charge < -0.3 is 5.73 Å². The van der Waals surface area contributed by atoms with Crippen molar-refractivity contribution in [3.8, 4) is 6.07 Å². The third kappa shape index (κ3) is 1.60. The summed E-state index contributed by atoms with van der Waals surface area (Å²) in [6, 6.07) is 2.13. The number of hydrogen-bond acceptors (Lipinski definition) is 3. The topological polar surface area (TPSA) is 49.8 Å². The van der Waals surface area contributed by atoms with Gasteiger partial charge in [0.1, 0.15) is 17.2 Å². The molecule has 0 radical (unpaired) electrons. The Labute approximate surface area is 98.9 Å². The van der Waals surface area contributed by atoms with E-state index in [0.29, 0.717) is 17.0 Å². The zero-order chi connectivity index (χ0) is 11.9. The van der Waals surface area contributed by atoms with Gasteiger partial charge in [-0.3, -0.25) is 0 Å². The summed E-state index contributed by atoms with van der Waals surface area (Å²) in [6.45, 7) is 4.00. The standard InChI is InChI=1S/C12H15FN2S/c1-6(2)10-8(13)3-4-9-11(10)7(5-14)12(15)16-9/h6,8,10H,3-4,15H2,1-2H3. The predicted molar refractivity (Wildman–Crippen MR) is 64.2 cm³/mol. The highest BCUT2D eigenvalue weighted by Crippen LogP contribution is 2.45. The van der Waals surface area contributed by atoms with Crippen LogP contribution in [0, 0.1) is 17.2 Å². The highest BCUT2D eigenvalue weighted by Gasteiger charge is 2.36. The second kappa shape index (κ2) is 4.06. The van der Waals surface area contributed by atoms with E-state index >= 15 is 0 Å². The van der Waals surface area contributed by atoms with Crippen molar-refractivity contribution < 1.29 is 4.39 Å². The molecule has 4 heteroatoms. The number of nitrogens with two attached hydrogens (primary N) is 1. The van der Waals surface area contributed by atoms with Gasteiger partial charge >= 0.3 is 0 Å². The second-order valence-electron chi connectivity index (χ2n) is 4.61. The average molecular weight is 238 g/mol. The van der Waals surface area contributed by atoms with Gasteiger partial charge in [0.2, 0.25) is 0 Å². The molecule has 2 atom stereocenters. The van der Waals surface area contributed by atoms with E-state index in [2.05, 4.69) is 6.07 Å². The van der Waals surface area contributed by atoms with Crippen LogP contribution in [0.1, 0.15) is 42.2 Å². The largest absolute Gasteiger partial charge is 0.389 e. The molecule has 0 fully saturated rings. The molecular formula is C12H15FN2S. The molecule has 2 unspecified atom stereocenters. The van der Waals surface area contributed by atoms with Crippen molar-refractivity contribution in [3.05, 3.63) is 16.0 Å². The molecule has 1 heterocycles. The summed E-state index contributed by atoms with van der Waals surface area (Å²) in [6.07, 6.45) is 0.435. The number of thiophene rings is 1. The summed E-state index contributed by atoms with van der Waals surface area (Å²) in [7, 11) is 0. The van der Waals surface area contributed by atoms with Gasteiger partial charge in [0.15, 0.2) is 0 Å². The molecule has 2 nitrogen and oxygen atoms in total. The zero-order valence-electron chi connectivity index (χ0n) is 9.46. The van der Waals surface area contributed by atoms with E-state index in [1.54, 1.807) is 0 Å². The minimum absolute atomic E-state index is 0.160. The van der Waals surface area contributed by atoms with Gasteiger partial charge in [0.25, 0.3) is 0 Å². The van der Waals surface area contributed by atoms with Gasteiger partial charge in [-0.05, 0) is 24.3 Å². The number of hydrogen-bond donors (Lipinski definition) is 1. The van der Waals surface area contributed by atoms with Crippen LogP contribution in [0.15, 0.2) is 0 Å². The van der Waals surface area contributed by atoms with Crippen LogP contribution in [0.5, 0.6) is 0 Å². The number of anilines is 1. The summed E-state index contributed by atoms with van der Waals surface area (Å²) < 4.78 is 14.0. The molecule has 0 saturated carbocycles. The fourth-order valence-electron chi connectivity index (χ4n) is 2.54. The molecule has 1 aliphatic rings. The fraction of sp³-hybridized carbons (Fsp3) is 0.583. The van der Waals surface area contributed by atoms with Crippen molar-refractivity contribution in [2.45, 2.75) is 38.8 Å². The first-order valence-corrected chi connectivity index (χ1v) is 6.33. The summed E-state index contributed by atoms with van der Waals surface area (Å²) in [5, 5.41) is 9.65. The lowest BCUT2D eigenvalue weighted by atomic mass is 9.77. The SMILES string of the molecule is CC(C)C1c2c(sc(N)c2C#N)CCC1F. The molecular weight excluding hydrogens is 223 g/mol. The highest BCUT2D eigenvalue weighted by molar-refractivity contribution is 7.16. The van der Waals surface area contributed by atoms with Crippen molar-refractivity contribution in [2.75, 3.05) is 5.73 Å². The minimum atomic E-state index is -0.839. The van der Waals surface area contributed by atoms with E-state index in [9.17, 15) is 4.39 Å². The van der Waals surface area contributed by atoms with Crippen molar-refractivity contribution >= 4 is 16.3 Å². The van der Waals surface area contributed by atoms with Crippen LogP contribution in [0.3, 0.4) is 0 Å². The lowest BCUT2D eigenvalue weighted by Gasteiger charge is -2.29. The molecule has 86 valence electrons. The normalized spacial score (nSPS) is 24.2. The molecule has 0 aliphatic heterocycles. The molecule has 1 aromatic heterocycles. The molecule has 16 heavy (non-hydrogen) atoms. The zero-order valence-corrected chi connectivity index (χ0v) is 10.3. The lowest BCUT2D eigenvalue weighted by Crippen LogP contribution is -2.25. The summed E-state index contributed by atoms with van der Waals surface area (Å²) in [5.74, 6) is 0.0436. The van der Waals surface area contributed by atoms with Crippen LogP contribution in [0.2, 0.25) is 0 Å². The molecule has 0 aromatic carbocycles. The second-order valence-corrected chi connectivity index (χ2v) is 5.75. The van der Waals surface area contributed by atoms with Crippen molar-refractivity contribution in [1.82, 2.24) is 0 Å². The number of nitrogens with zero attached hydrogens (tertiary/aromatic N) is 1. The van der Waals surface area contributed by atoms with Gasteiger partial charge in [-0.1, -0.05) is 13.8 Å². The van der Waals surface area contributed by atoms with Gasteiger partial charge in [-0.15, -0.1) is 11.3 Å². The van der Waals surface area contributed by atoms with Crippen LogP contribution < -0.4 is 5.73 Å². The maximum Gasteiger partial charge on any atom is 0.108 e. The first-order valence-electron chi connectivity index (χ1n) is 5.51. The van der Waals surface area contributed by atoms with Crippen molar-refractivity contribution in [1.29, 1.82) is 5.26 Å². The Morgan fingerprint density at radius 2 is 2.25 bits per heavy atom. The lowest BCUT2D eigenvalue weighted by molar-refractivity contribution is 0.216. The van der Waals surface area contributed by atoms with E-state index in [1.165, 1.54) is 11.3 Å². The Morgan fingerprint density at radius 1 is 1.56 bits per heavy atom. The summed E-state index contributed by atoms with van der Waals surface area (Å²) in [4.78, 5) is 1.11. The molecule has 0 saturated heterocycles. The Kier molecular flexibility index (Phi) is 2.90. The Hall–Kier alpha value is -1.08. The summed E-state index contributed by atoms with van der Waals surface area (Å²) in [5.41, 5.74) is 7.22. The van der Waals surface area contributed by atoms with Gasteiger partial charge in [0, 0.05) is 10.8 Å². The average Bonchev–Trinajstić information content (AvgIpc) is 2.53. The van der Waals surface area contributed by atoms with Crippen LogP contribution >= 0.6 is 11.3 Å². The Balaban J connectivity index is 2.58. The minimum Gasteiger partial charge on any atom is -0.389 e. The number of nitrogen functional groups attached to an aromatic ring is 1. The number of halogens is 1. The van der Waals surface area contributed by atoms with E-state index < -0.39 is 6.17 Å². The maximum absolute atomic E-state index is 14.0. The van der Waals surface area contributed by atoms with E-state index in [4.69, 9.17) is 11.0 Å². The van der Waals surface area contributed by atoms with Crippen LogP contribution in [0.25, 0.3) is 0 Å². The Morgan fingerprint density at radius 3 is 2.81 bits per heavy atom. The van der Waals surface area contributed by atoms with Crippen LogP contribution in [0.4, 0.5) is 9.39 Å². The molecule has 0 amide bonds. The van der Waals surface area contributed by atoms with Gasteiger partial charge in [0.05, 0.1) is 5.56 Å². The van der Waals surface area contributed by atoms with Crippen LogP contribution in [-0.4, -0.2) is 6.17 Å². The molecule has 1 aromatic rings. The molecule has 1 aliphatic carbocycles. The number of aryl methyl sites for hydroxylation is 1. The number of fused-ring (bicyclic) bond motifs is 1. The first-order chi connectivity index (χ1) is 7.56. The van der Waals surface area contributed by atoms with Gasteiger partial charge in [-0.2, -0.15) is 5.26 Å². The molecule has 0 spiro atoms. The number of rotatable bonds is 1. The molecule has 2 rings (SSSR count). The quantitative estimate of drug-likeness (QED) is 0.816. The monoisotopic (exact) mass is 238 g/mol. The van der Waals surface area contributed by atoms with E-state index in [1.807, 2.05) is 13.8 Å². The van der Waals surface area contributed by atoms with E-state index in [-0.39, 0.29) is 11.8 Å². The number of alkyl halides is 1. The highest BCUT2D eigenvalue weighted by atomic mass is 32.1. The third-order valence-corrected chi connectivity index (χ3v) is 4.34. The maximum atomic E-state index is 14.0. The summed E-state index contributed by atoms with van der Waals surface area (Å²) >= 11 is 1.45. The first kappa shape index (κ1) is 11.4. The Bertz CT molecular complexity index is 445. The third-order valence-electron chi connectivity index (χ3n) is 3.25. The van der Waals surface area contributed by atoms with Crippen LogP contribution in [-0.2, 0) is 6.42 Å². The fourth-order valence-corrected chi connectivity index (χ4v) is 3.64. The smallest absolute Gasteiger partial charge is 0.108 e.